The third-order valence-electron chi connectivity index (χ3n) is 4.91. The van der Waals surface area contributed by atoms with Crippen molar-refractivity contribution in [3.05, 3.63) is 54.6 Å². The van der Waals surface area contributed by atoms with Crippen LogP contribution in [0.25, 0.3) is 0 Å². The molecular weight excluding hydrogens is 442 g/mol. The highest BCUT2D eigenvalue weighted by Gasteiger charge is 2.32. The number of benzene rings is 2. The molecule has 1 aromatic heterocycles. The van der Waals surface area contributed by atoms with Crippen molar-refractivity contribution in [1.82, 2.24) is 15.5 Å². The zero-order chi connectivity index (χ0) is 23.1. The lowest BCUT2D eigenvalue weighted by atomic mass is 9.90. The molecule has 9 heteroatoms. The largest absolute Gasteiger partial charge is 0.457 e. The monoisotopic (exact) mass is 467 g/mol. The molecule has 0 saturated heterocycles. The second-order valence-electron chi connectivity index (χ2n) is 7.66. The molecule has 2 N–H and O–H groups in total. The van der Waals surface area contributed by atoms with Crippen molar-refractivity contribution in [2.75, 3.05) is 5.32 Å². The van der Waals surface area contributed by atoms with E-state index in [1.807, 2.05) is 68.4 Å². The van der Waals surface area contributed by atoms with Crippen molar-refractivity contribution >= 4 is 39.8 Å². The standard InChI is InChI=1S/C23H25N5O2S2/c1-15(2)23(4,14-24)26-20(29)16(3)31-22-28-27-21(32-22)25-17-10-12-19(13-11-17)30-18-8-6-5-7-9-18/h5-13,15-16H,1-4H3,(H,25,27)(H,26,29). The minimum atomic E-state index is -0.907. The Morgan fingerprint density at radius 2 is 1.75 bits per heavy atom. The number of hydrogen-bond acceptors (Lipinski definition) is 8. The second kappa shape index (κ2) is 10.5. The van der Waals surface area contributed by atoms with Crippen LogP contribution >= 0.6 is 23.1 Å². The molecule has 2 unspecified atom stereocenters. The molecule has 0 spiro atoms. The van der Waals surface area contributed by atoms with Crippen molar-refractivity contribution in [2.45, 2.75) is 42.8 Å². The highest BCUT2D eigenvalue weighted by molar-refractivity contribution is 8.02. The Hall–Kier alpha value is -3.09. The Bertz CT molecular complexity index is 1080. The maximum Gasteiger partial charge on any atom is 0.234 e. The first-order chi connectivity index (χ1) is 15.3. The van der Waals surface area contributed by atoms with Crippen LogP contribution in [-0.4, -0.2) is 26.9 Å². The molecule has 0 aliphatic rings. The lowest BCUT2D eigenvalue weighted by Gasteiger charge is -2.28. The van der Waals surface area contributed by atoms with E-state index < -0.39 is 10.8 Å². The topological polar surface area (TPSA) is 99.9 Å². The number of nitriles is 1. The number of carbonyl (C=O) groups is 1. The average Bonchev–Trinajstić information content (AvgIpc) is 3.22. The zero-order valence-electron chi connectivity index (χ0n) is 18.3. The normalized spacial score (nSPS) is 13.6. The van der Waals surface area contributed by atoms with Crippen LogP contribution in [0.4, 0.5) is 10.8 Å². The van der Waals surface area contributed by atoms with Crippen LogP contribution in [0, 0.1) is 17.2 Å². The number of rotatable bonds is 9. The van der Waals surface area contributed by atoms with Gasteiger partial charge in [0.1, 0.15) is 17.0 Å². The number of nitrogens with one attached hydrogen (secondary N) is 2. The fourth-order valence-electron chi connectivity index (χ4n) is 2.53. The molecule has 0 fully saturated rings. The zero-order valence-corrected chi connectivity index (χ0v) is 20.0. The summed E-state index contributed by atoms with van der Waals surface area (Å²) in [7, 11) is 0. The van der Waals surface area contributed by atoms with Gasteiger partial charge >= 0.3 is 0 Å². The molecule has 7 nitrogen and oxygen atoms in total. The lowest BCUT2D eigenvalue weighted by Crippen LogP contribution is -2.51. The Balaban J connectivity index is 1.55. The maximum atomic E-state index is 12.5. The molecule has 0 aliphatic heterocycles. The number of thioether (sulfide) groups is 1. The van der Waals surface area contributed by atoms with Gasteiger partial charge in [-0.15, -0.1) is 10.2 Å². The van der Waals surface area contributed by atoms with Gasteiger partial charge in [-0.2, -0.15) is 5.26 Å². The molecule has 0 saturated carbocycles. The first kappa shape index (κ1) is 23.6. The molecule has 3 aromatic rings. The highest BCUT2D eigenvalue weighted by Crippen LogP contribution is 2.31. The molecule has 32 heavy (non-hydrogen) atoms. The Morgan fingerprint density at radius 1 is 1.09 bits per heavy atom. The van der Waals surface area contributed by atoms with E-state index in [4.69, 9.17) is 4.74 Å². The van der Waals surface area contributed by atoms with Crippen LogP contribution in [-0.2, 0) is 4.79 Å². The average molecular weight is 468 g/mol. The Labute approximate surface area is 196 Å². The quantitative estimate of drug-likeness (QED) is 0.395. The third-order valence-corrected chi connectivity index (χ3v) is 6.93. The van der Waals surface area contributed by atoms with Crippen LogP contribution in [0.5, 0.6) is 11.5 Å². The van der Waals surface area contributed by atoms with E-state index in [9.17, 15) is 10.1 Å². The van der Waals surface area contributed by atoms with Gasteiger partial charge in [-0.05, 0) is 56.2 Å². The van der Waals surface area contributed by atoms with Crippen molar-refractivity contribution in [3.63, 3.8) is 0 Å². The third kappa shape index (κ3) is 6.22. The number of anilines is 2. The summed E-state index contributed by atoms with van der Waals surface area (Å²) in [5.74, 6) is 1.31. The van der Waals surface area contributed by atoms with Gasteiger partial charge in [0, 0.05) is 5.69 Å². The molecule has 166 valence electrons. The molecule has 2 aromatic carbocycles. The summed E-state index contributed by atoms with van der Waals surface area (Å²) in [5, 5.41) is 24.0. The van der Waals surface area contributed by atoms with Crippen LogP contribution < -0.4 is 15.4 Å². The number of ether oxygens (including phenoxy) is 1. The predicted octanol–water partition coefficient (Wildman–Crippen LogP) is 5.61. The number of hydrogen-bond donors (Lipinski definition) is 2. The van der Waals surface area contributed by atoms with Gasteiger partial charge in [0.15, 0.2) is 4.34 Å². The van der Waals surface area contributed by atoms with Gasteiger partial charge in [-0.3, -0.25) is 4.79 Å². The minimum absolute atomic E-state index is 0.00420. The van der Waals surface area contributed by atoms with Gasteiger partial charge < -0.3 is 15.4 Å². The van der Waals surface area contributed by atoms with Crippen LogP contribution in [0.3, 0.4) is 0 Å². The maximum absolute atomic E-state index is 12.5. The van der Waals surface area contributed by atoms with E-state index in [1.165, 1.54) is 23.1 Å². The van der Waals surface area contributed by atoms with E-state index in [-0.39, 0.29) is 11.8 Å². The summed E-state index contributed by atoms with van der Waals surface area (Å²) in [6.45, 7) is 7.34. The highest BCUT2D eigenvalue weighted by atomic mass is 32.2. The summed E-state index contributed by atoms with van der Waals surface area (Å²) in [5.41, 5.74) is -0.0542. The van der Waals surface area contributed by atoms with Gasteiger partial charge in [-0.25, -0.2) is 0 Å². The van der Waals surface area contributed by atoms with Crippen LogP contribution in [0.15, 0.2) is 58.9 Å². The molecular formula is C23H25N5O2S2. The summed E-state index contributed by atoms with van der Waals surface area (Å²) >= 11 is 2.68. The van der Waals surface area contributed by atoms with E-state index in [1.54, 1.807) is 13.8 Å². The number of aromatic nitrogens is 2. The van der Waals surface area contributed by atoms with Gasteiger partial charge in [0.25, 0.3) is 0 Å². The number of nitrogens with zero attached hydrogens (tertiary/aromatic N) is 3. The van der Waals surface area contributed by atoms with Gasteiger partial charge in [-0.1, -0.05) is 55.1 Å². The SMILES string of the molecule is CC(Sc1nnc(Nc2ccc(Oc3ccccc3)cc2)s1)C(=O)NC(C)(C#N)C(C)C. The summed E-state index contributed by atoms with van der Waals surface area (Å²) in [6, 6.07) is 19.3. The lowest BCUT2D eigenvalue weighted by molar-refractivity contribution is -0.121. The van der Waals surface area contributed by atoms with Crippen molar-refractivity contribution < 1.29 is 9.53 Å². The predicted molar refractivity (Wildman–Crippen MR) is 128 cm³/mol. The molecule has 2 atom stereocenters. The smallest absolute Gasteiger partial charge is 0.234 e. The Kier molecular flexibility index (Phi) is 7.72. The second-order valence-corrected chi connectivity index (χ2v) is 10.2. The fraction of sp³-hybridized carbons (Fsp3) is 0.304. The van der Waals surface area contributed by atoms with E-state index >= 15 is 0 Å². The molecule has 3 rings (SSSR count). The first-order valence-corrected chi connectivity index (χ1v) is 11.8. The van der Waals surface area contributed by atoms with Gasteiger partial charge in [0.05, 0.1) is 11.3 Å². The van der Waals surface area contributed by atoms with Crippen LogP contribution in [0.1, 0.15) is 27.7 Å². The van der Waals surface area contributed by atoms with E-state index in [2.05, 4.69) is 26.9 Å². The summed E-state index contributed by atoms with van der Waals surface area (Å²) in [4.78, 5) is 12.5. The van der Waals surface area contributed by atoms with Crippen molar-refractivity contribution in [3.8, 4) is 17.6 Å². The molecule has 0 aliphatic carbocycles. The first-order valence-electron chi connectivity index (χ1n) is 10.1. The number of para-hydroxylation sites is 1. The molecule has 1 amide bonds. The van der Waals surface area contributed by atoms with Gasteiger partial charge in [0.2, 0.25) is 11.0 Å². The van der Waals surface area contributed by atoms with E-state index in [0.29, 0.717) is 9.47 Å². The minimum Gasteiger partial charge on any atom is -0.457 e. The molecule has 0 radical (unpaired) electrons. The number of carbonyl (C=O) groups excluding carboxylic acids is 1. The summed E-state index contributed by atoms with van der Waals surface area (Å²) in [6.07, 6.45) is 0. The molecule has 0 bridgehead atoms. The molecule has 1 heterocycles. The fourth-order valence-corrected chi connectivity index (χ4v) is 4.44. The Morgan fingerprint density at radius 3 is 2.38 bits per heavy atom. The van der Waals surface area contributed by atoms with Crippen molar-refractivity contribution in [1.29, 1.82) is 5.26 Å². The van der Waals surface area contributed by atoms with E-state index in [0.717, 1.165) is 17.2 Å². The summed E-state index contributed by atoms with van der Waals surface area (Å²) < 4.78 is 6.47. The number of amides is 1. The van der Waals surface area contributed by atoms with Crippen molar-refractivity contribution in [2.24, 2.45) is 5.92 Å². The van der Waals surface area contributed by atoms with Crippen LogP contribution in [0.2, 0.25) is 0 Å².